The van der Waals surface area contributed by atoms with Gasteiger partial charge in [-0.1, -0.05) is 0 Å². The molecule has 6 rings (SSSR count). The summed E-state index contributed by atoms with van der Waals surface area (Å²) in [6.07, 6.45) is 4.04. The molecule has 2 saturated heterocycles. The number of fused-ring (bicyclic) bond motifs is 1. The van der Waals surface area contributed by atoms with Crippen LogP contribution in [0.15, 0.2) is 24.4 Å². The summed E-state index contributed by atoms with van der Waals surface area (Å²) in [7, 11) is 1.63. The van der Waals surface area contributed by atoms with E-state index in [1.54, 1.807) is 7.11 Å². The second kappa shape index (κ2) is 9.75. The Morgan fingerprint density at radius 1 is 1.16 bits per heavy atom. The van der Waals surface area contributed by atoms with Crippen molar-refractivity contribution in [1.29, 1.82) is 0 Å². The van der Waals surface area contributed by atoms with Crippen molar-refractivity contribution >= 4 is 16.9 Å². The molecule has 2 fully saturated rings. The van der Waals surface area contributed by atoms with Crippen LogP contribution in [0.1, 0.15) is 41.6 Å². The van der Waals surface area contributed by atoms with Gasteiger partial charge in [0.1, 0.15) is 11.5 Å². The number of piperidine rings is 1. The third kappa shape index (κ3) is 4.34. The normalized spacial score (nSPS) is 19.2. The van der Waals surface area contributed by atoms with Crippen molar-refractivity contribution < 1.29 is 13.9 Å². The SMILES string of the molecule is COc1cc(-c2nc(-c3c(C)nn(C4CCNCC4)c3C)cc(N3CCOC[C@H]3C)n2)c2cc[nH]c2n1.[2HH].[2H][2H]. The molecule has 37 heavy (non-hydrogen) atoms. The molecule has 4 aromatic heterocycles. The van der Waals surface area contributed by atoms with Crippen LogP contribution in [0.2, 0.25) is 0 Å². The molecular weight excluding hydrogens is 468 g/mol. The Morgan fingerprint density at radius 3 is 2.78 bits per heavy atom. The van der Waals surface area contributed by atoms with E-state index in [9.17, 15) is 0 Å². The molecule has 198 valence electrons. The number of pyridine rings is 1. The van der Waals surface area contributed by atoms with Gasteiger partial charge in [-0.3, -0.25) is 4.68 Å². The number of nitrogens with zero attached hydrogens (tertiary/aromatic N) is 6. The molecule has 0 saturated carbocycles. The first-order valence-electron chi connectivity index (χ1n) is 14.1. The Bertz CT molecular complexity index is 1440. The molecule has 0 aliphatic carbocycles. The first kappa shape index (κ1) is 22.7. The molecular formula is C27H38N8O2. The Morgan fingerprint density at radius 2 is 2.00 bits per heavy atom. The fourth-order valence-electron chi connectivity index (χ4n) is 5.64. The van der Waals surface area contributed by atoms with Crippen molar-refractivity contribution in [3.05, 3.63) is 35.8 Å². The Labute approximate surface area is 221 Å². The smallest absolute Gasteiger partial charge is 0.215 e. The molecule has 6 heterocycles. The first-order chi connectivity index (χ1) is 19.0. The fraction of sp³-hybridized carbons (Fsp3) is 0.481. The van der Waals surface area contributed by atoms with Gasteiger partial charge in [0, 0.05) is 51.5 Å². The molecule has 0 radical (unpaired) electrons. The molecule has 0 aromatic carbocycles. The fourth-order valence-corrected chi connectivity index (χ4v) is 5.64. The second-order valence-electron chi connectivity index (χ2n) is 9.98. The monoisotopic (exact) mass is 509 g/mol. The lowest BCUT2D eigenvalue weighted by molar-refractivity contribution is 0.0985. The van der Waals surface area contributed by atoms with Crippen molar-refractivity contribution in [1.82, 2.24) is 35.0 Å². The lowest BCUT2D eigenvalue weighted by Crippen LogP contribution is -2.44. The van der Waals surface area contributed by atoms with Gasteiger partial charge in [-0.25, -0.2) is 9.97 Å². The number of aromatic amines is 1. The van der Waals surface area contributed by atoms with Crippen LogP contribution in [0, 0.1) is 13.8 Å². The summed E-state index contributed by atoms with van der Waals surface area (Å²) in [5, 5.41) is 9.41. The third-order valence-corrected chi connectivity index (χ3v) is 7.57. The van der Waals surface area contributed by atoms with Crippen LogP contribution in [0.4, 0.5) is 5.82 Å². The van der Waals surface area contributed by atoms with Crippen LogP contribution in [0.25, 0.3) is 33.7 Å². The number of anilines is 1. The standard InChI is InChI=1S/C27H34N8O2.2H2/c1-16-15-37-12-11-34(16)23-14-22(25-17(2)33-35(18(25)3)19-5-8-28-9-6-19)30-27(31-23)21-13-24(36-4)32-26-20(21)7-10-29-26;;/h7,10,13-14,16,19,28H,5-6,8-9,11-12,15H2,1-4H3,(H,29,32);2*1H/t16-;;/m1../s1/i;1+1D;1+1. The van der Waals surface area contributed by atoms with Crippen LogP contribution >= 0.6 is 0 Å². The molecule has 2 aliphatic rings. The Hall–Kier alpha value is -3.50. The molecule has 2 N–H and O–H groups in total. The summed E-state index contributed by atoms with van der Waals surface area (Å²) < 4.78 is 23.4. The second-order valence-corrected chi connectivity index (χ2v) is 9.98. The zero-order chi connectivity index (χ0) is 27.5. The maximum Gasteiger partial charge on any atom is 0.215 e. The number of rotatable bonds is 5. The number of methoxy groups -OCH3 is 1. The van der Waals surface area contributed by atoms with Gasteiger partial charge in [-0.2, -0.15) is 10.1 Å². The highest BCUT2D eigenvalue weighted by Gasteiger charge is 2.26. The van der Waals surface area contributed by atoms with Crippen molar-refractivity contribution in [2.45, 2.75) is 45.7 Å². The number of H-pyrrole nitrogens is 1. The molecule has 2 aliphatic heterocycles. The van der Waals surface area contributed by atoms with Gasteiger partial charge in [0.15, 0.2) is 5.82 Å². The zero-order valence-corrected chi connectivity index (χ0v) is 21.9. The lowest BCUT2D eigenvalue weighted by Gasteiger charge is -2.34. The van der Waals surface area contributed by atoms with E-state index in [1.165, 1.54) is 0 Å². The average Bonchev–Trinajstić information content (AvgIpc) is 3.57. The number of aromatic nitrogens is 6. The minimum atomic E-state index is 0. The van der Waals surface area contributed by atoms with E-state index in [2.05, 4.69) is 51.7 Å². The number of hydrogen-bond acceptors (Lipinski definition) is 8. The number of aryl methyl sites for hydroxylation is 1. The van der Waals surface area contributed by atoms with Gasteiger partial charge in [0.2, 0.25) is 5.88 Å². The third-order valence-electron chi connectivity index (χ3n) is 7.57. The summed E-state index contributed by atoms with van der Waals surface area (Å²) in [5.41, 5.74) is 5.72. The van der Waals surface area contributed by atoms with Gasteiger partial charge in [-0.05, 0) is 52.8 Å². The lowest BCUT2D eigenvalue weighted by atomic mass is 10.1. The highest BCUT2D eigenvalue weighted by molar-refractivity contribution is 5.92. The number of nitrogens with one attached hydrogen (secondary N) is 2. The topological polar surface area (TPSA) is 106 Å². The van der Waals surface area contributed by atoms with E-state index in [4.69, 9.17) is 27.5 Å². The maximum absolute atomic E-state index is 5.72. The summed E-state index contributed by atoms with van der Waals surface area (Å²) >= 11 is 0. The molecule has 10 heteroatoms. The highest BCUT2D eigenvalue weighted by Crippen LogP contribution is 2.35. The van der Waals surface area contributed by atoms with Crippen molar-refractivity contribution in [2.24, 2.45) is 0 Å². The van der Waals surface area contributed by atoms with Gasteiger partial charge in [0.05, 0.1) is 43.8 Å². The molecule has 1 atom stereocenters. The number of morpholine rings is 1. The van der Waals surface area contributed by atoms with Gasteiger partial charge >= 0.3 is 0 Å². The Kier molecular flexibility index (Phi) is 5.98. The summed E-state index contributed by atoms with van der Waals surface area (Å²) in [4.78, 5) is 20.3. The minimum Gasteiger partial charge on any atom is -0.481 e. The largest absolute Gasteiger partial charge is 0.481 e. The van der Waals surface area contributed by atoms with E-state index in [-0.39, 0.29) is 7.47 Å². The van der Waals surface area contributed by atoms with Crippen LogP contribution in [-0.4, -0.2) is 75.7 Å². The Balaban J connectivity index is 0.00000121. The van der Waals surface area contributed by atoms with E-state index in [1.807, 2.05) is 18.3 Å². The summed E-state index contributed by atoms with van der Waals surface area (Å²) in [5.74, 6) is 2.06. The predicted octanol–water partition coefficient (Wildman–Crippen LogP) is 4.15. The van der Waals surface area contributed by atoms with Crippen molar-refractivity contribution in [3.8, 4) is 28.5 Å². The van der Waals surface area contributed by atoms with Gasteiger partial charge < -0.3 is 24.7 Å². The summed E-state index contributed by atoms with van der Waals surface area (Å²) in [6, 6.07) is 6.65. The van der Waals surface area contributed by atoms with Crippen LogP contribution < -0.4 is 15.0 Å². The molecule has 4 aromatic rings. The minimum absolute atomic E-state index is 0. The first-order valence-corrected chi connectivity index (χ1v) is 13.1. The van der Waals surface area contributed by atoms with Crippen LogP contribution in [-0.2, 0) is 4.74 Å². The van der Waals surface area contributed by atoms with E-state index < -0.39 is 0 Å². The molecule has 0 bridgehead atoms. The maximum atomic E-state index is 5.72. The van der Waals surface area contributed by atoms with E-state index in [0.717, 1.165) is 77.5 Å². The van der Waals surface area contributed by atoms with E-state index in [0.29, 0.717) is 31.0 Å². The molecule has 10 nitrogen and oxygen atoms in total. The number of hydrogen-bond donors (Lipinski definition) is 2. The quantitative estimate of drug-likeness (QED) is 0.413. The van der Waals surface area contributed by atoms with Crippen LogP contribution in [0.3, 0.4) is 0 Å². The number of ether oxygens (including phenoxy) is 2. The zero-order valence-electron chi connectivity index (χ0n) is 23.9. The van der Waals surface area contributed by atoms with Gasteiger partial charge in [-0.15, -0.1) is 0 Å². The molecule has 0 amide bonds. The highest BCUT2D eigenvalue weighted by atomic mass is 16.5. The van der Waals surface area contributed by atoms with Crippen molar-refractivity contribution in [3.63, 3.8) is 0 Å². The summed E-state index contributed by atoms with van der Waals surface area (Å²) in [6.45, 7) is 10.6. The van der Waals surface area contributed by atoms with E-state index >= 15 is 0 Å². The predicted molar refractivity (Wildman–Crippen MR) is 147 cm³/mol. The average molecular weight is 510 g/mol. The van der Waals surface area contributed by atoms with Gasteiger partial charge in [0.25, 0.3) is 0 Å². The van der Waals surface area contributed by atoms with Crippen molar-refractivity contribution in [2.75, 3.05) is 44.9 Å². The molecule has 0 spiro atoms. The molecule has 0 unspecified atom stereocenters. The van der Waals surface area contributed by atoms with Crippen LogP contribution in [0.5, 0.6) is 5.88 Å².